The van der Waals surface area contributed by atoms with Crippen LogP contribution in [0.25, 0.3) is 0 Å². The quantitative estimate of drug-likeness (QED) is 0.852. The molecule has 0 saturated carbocycles. The molecule has 2 nitrogen and oxygen atoms in total. The largest absolute Gasteiger partial charge is 0.362 e. The van der Waals surface area contributed by atoms with E-state index >= 15 is 0 Å². The van der Waals surface area contributed by atoms with Crippen molar-refractivity contribution in [3.05, 3.63) is 60.3 Å². The van der Waals surface area contributed by atoms with Crippen molar-refractivity contribution in [3.63, 3.8) is 0 Å². The van der Waals surface area contributed by atoms with Crippen molar-refractivity contribution in [2.45, 2.75) is 25.6 Å². The van der Waals surface area contributed by atoms with E-state index in [1.165, 1.54) is 5.56 Å². The fourth-order valence-corrected chi connectivity index (χ4v) is 2.07. The van der Waals surface area contributed by atoms with E-state index < -0.39 is 0 Å². The first-order valence-electron chi connectivity index (χ1n) is 6.12. The van der Waals surface area contributed by atoms with Crippen molar-refractivity contribution in [3.8, 4) is 0 Å². The van der Waals surface area contributed by atoms with Crippen molar-refractivity contribution >= 4 is 0 Å². The maximum atomic E-state index is 3.60. The normalized spacial score (nSPS) is 20.6. The first-order chi connectivity index (χ1) is 8.25. The van der Waals surface area contributed by atoms with Gasteiger partial charge >= 0.3 is 0 Å². The monoisotopic (exact) mass is 228 g/mol. The molecule has 90 valence electrons. The topological polar surface area (TPSA) is 15.3 Å². The molecule has 0 radical (unpaired) electrons. The fraction of sp³-hybridized carbons (Fsp3) is 0.333. The number of rotatable bonds is 4. The summed E-state index contributed by atoms with van der Waals surface area (Å²) in [7, 11) is 2.09. The molecule has 1 unspecified atom stereocenters. The van der Waals surface area contributed by atoms with Gasteiger partial charge in [-0.3, -0.25) is 5.32 Å². The molecule has 0 bridgehead atoms. The molecule has 0 aromatic heterocycles. The van der Waals surface area contributed by atoms with E-state index in [0.29, 0.717) is 12.2 Å². The lowest BCUT2D eigenvalue weighted by Gasteiger charge is -2.30. The molecule has 1 aliphatic heterocycles. The smallest absolute Gasteiger partial charge is 0.0984 e. The molecule has 1 aromatic rings. The third kappa shape index (κ3) is 3.46. The highest BCUT2D eigenvalue weighted by molar-refractivity contribution is 5.16. The van der Waals surface area contributed by atoms with Gasteiger partial charge in [0.1, 0.15) is 0 Å². The van der Waals surface area contributed by atoms with E-state index in [9.17, 15) is 0 Å². The van der Waals surface area contributed by atoms with Gasteiger partial charge in [0, 0.05) is 19.3 Å². The van der Waals surface area contributed by atoms with Gasteiger partial charge in [0.25, 0.3) is 0 Å². The number of nitrogens with zero attached hydrogens (tertiary/aromatic N) is 1. The second-order valence-electron chi connectivity index (χ2n) is 4.59. The van der Waals surface area contributed by atoms with Crippen LogP contribution < -0.4 is 5.32 Å². The van der Waals surface area contributed by atoms with Gasteiger partial charge in [-0.25, -0.2) is 0 Å². The fourth-order valence-electron chi connectivity index (χ4n) is 2.07. The maximum absolute atomic E-state index is 3.60. The minimum absolute atomic E-state index is 0.304. The van der Waals surface area contributed by atoms with E-state index in [1.54, 1.807) is 0 Å². The summed E-state index contributed by atoms with van der Waals surface area (Å²) in [6.07, 6.45) is 9.78. The summed E-state index contributed by atoms with van der Waals surface area (Å²) in [5.74, 6) is 0. The predicted molar refractivity (Wildman–Crippen MR) is 72.6 cm³/mol. The van der Waals surface area contributed by atoms with Crippen LogP contribution in [-0.4, -0.2) is 24.2 Å². The first-order valence-corrected chi connectivity index (χ1v) is 6.12. The van der Waals surface area contributed by atoms with Crippen molar-refractivity contribution in [2.75, 3.05) is 7.05 Å². The molecule has 0 amide bonds. The lowest BCUT2D eigenvalue weighted by molar-refractivity contribution is 0.299. The van der Waals surface area contributed by atoms with E-state index in [2.05, 4.69) is 78.9 Å². The van der Waals surface area contributed by atoms with E-state index in [4.69, 9.17) is 0 Å². The van der Waals surface area contributed by atoms with Gasteiger partial charge in [-0.2, -0.15) is 0 Å². The molecule has 2 atom stereocenters. The number of hydrogen-bond donors (Lipinski definition) is 1. The van der Waals surface area contributed by atoms with E-state index in [1.807, 2.05) is 0 Å². The van der Waals surface area contributed by atoms with Gasteiger partial charge in [0.05, 0.1) is 6.17 Å². The van der Waals surface area contributed by atoms with Crippen molar-refractivity contribution in [1.82, 2.24) is 10.2 Å². The highest BCUT2D eigenvalue weighted by Crippen LogP contribution is 2.07. The Balaban J connectivity index is 1.87. The van der Waals surface area contributed by atoms with Crippen LogP contribution in [0.1, 0.15) is 12.5 Å². The Hall–Kier alpha value is -1.54. The molecular weight excluding hydrogens is 208 g/mol. The van der Waals surface area contributed by atoms with Gasteiger partial charge in [-0.1, -0.05) is 36.4 Å². The van der Waals surface area contributed by atoms with E-state index in [-0.39, 0.29) is 0 Å². The lowest BCUT2D eigenvalue weighted by Crippen LogP contribution is -2.45. The van der Waals surface area contributed by atoms with Crippen LogP contribution in [0.2, 0.25) is 0 Å². The standard InChI is InChI=1S/C15H20N2/c1-13(12-14-8-4-3-5-9-14)16-15-10-6-7-11-17(15)2/h3-11,13,15-16H,12H2,1-2H3/t13-,15?/m1/s1. The van der Waals surface area contributed by atoms with Crippen molar-refractivity contribution in [1.29, 1.82) is 0 Å². The van der Waals surface area contributed by atoms with Gasteiger partial charge in [0.15, 0.2) is 0 Å². The molecule has 1 aliphatic rings. The summed E-state index contributed by atoms with van der Waals surface area (Å²) < 4.78 is 0. The molecule has 2 heteroatoms. The van der Waals surface area contributed by atoms with Crippen LogP contribution in [0.5, 0.6) is 0 Å². The summed E-state index contributed by atoms with van der Waals surface area (Å²) in [4.78, 5) is 2.18. The van der Waals surface area contributed by atoms with E-state index in [0.717, 1.165) is 6.42 Å². The molecule has 0 spiro atoms. The van der Waals surface area contributed by atoms with Crippen molar-refractivity contribution < 1.29 is 0 Å². The molecule has 0 fully saturated rings. The summed E-state index contributed by atoms with van der Waals surface area (Å²) in [6.45, 7) is 2.23. The summed E-state index contributed by atoms with van der Waals surface area (Å²) in [6, 6.07) is 11.1. The Morgan fingerprint density at radius 2 is 2.00 bits per heavy atom. The second-order valence-corrected chi connectivity index (χ2v) is 4.59. The minimum Gasteiger partial charge on any atom is -0.362 e. The zero-order valence-electron chi connectivity index (χ0n) is 10.5. The Labute approximate surface area is 104 Å². The van der Waals surface area contributed by atoms with Crippen molar-refractivity contribution in [2.24, 2.45) is 0 Å². The lowest BCUT2D eigenvalue weighted by atomic mass is 10.1. The summed E-state index contributed by atoms with van der Waals surface area (Å²) >= 11 is 0. The van der Waals surface area contributed by atoms with Gasteiger partial charge in [-0.05, 0) is 31.1 Å². The SMILES string of the molecule is C[C@H](Cc1ccccc1)NC1C=CC=CN1C. The highest BCUT2D eigenvalue weighted by atomic mass is 15.2. The van der Waals surface area contributed by atoms with Crippen LogP contribution in [0, 0.1) is 0 Å². The third-order valence-corrected chi connectivity index (χ3v) is 3.00. The van der Waals surface area contributed by atoms with Gasteiger partial charge in [0.2, 0.25) is 0 Å². The third-order valence-electron chi connectivity index (χ3n) is 3.00. The Kier molecular flexibility index (Phi) is 3.99. The molecule has 0 saturated heterocycles. The molecule has 17 heavy (non-hydrogen) atoms. The molecular formula is C15H20N2. The minimum atomic E-state index is 0.304. The van der Waals surface area contributed by atoms with Gasteiger partial charge in [-0.15, -0.1) is 0 Å². The number of hydrogen-bond acceptors (Lipinski definition) is 2. The van der Waals surface area contributed by atoms with Crippen LogP contribution in [-0.2, 0) is 6.42 Å². The number of allylic oxidation sites excluding steroid dienone is 2. The van der Waals surface area contributed by atoms with Crippen LogP contribution in [0.15, 0.2) is 54.8 Å². The second kappa shape index (κ2) is 5.69. The molecule has 1 aromatic carbocycles. The Bertz CT molecular complexity index is 395. The molecule has 2 rings (SSSR count). The molecule has 1 N–H and O–H groups in total. The number of nitrogens with one attached hydrogen (secondary N) is 1. The Morgan fingerprint density at radius 1 is 1.24 bits per heavy atom. The summed E-state index contributed by atoms with van der Waals surface area (Å²) in [5.41, 5.74) is 1.38. The zero-order chi connectivity index (χ0) is 12.1. The van der Waals surface area contributed by atoms with Crippen LogP contribution in [0.4, 0.5) is 0 Å². The predicted octanol–water partition coefficient (Wildman–Crippen LogP) is 2.55. The molecule has 0 aliphatic carbocycles. The first kappa shape index (κ1) is 11.9. The average Bonchev–Trinajstić information content (AvgIpc) is 2.33. The van der Waals surface area contributed by atoms with Crippen LogP contribution in [0.3, 0.4) is 0 Å². The molecule has 1 heterocycles. The Morgan fingerprint density at radius 3 is 2.71 bits per heavy atom. The zero-order valence-corrected chi connectivity index (χ0v) is 10.5. The number of likely N-dealkylation sites (N-methyl/N-ethyl adjacent to an activating group) is 1. The summed E-state index contributed by atoms with van der Waals surface area (Å²) in [5, 5.41) is 3.60. The van der Waals surface area contributed by atoms with Gasteiger partial charge < -0.3 is 4.90 Å². The van der Waals surface area contributed by atoms with Crippen LogP contribution >= 0.6 is 0 Å². The highest BCUT2D eigenvalue weighted by Gasteiger charge is 2.13. The number of benzene rings is 1. The maximum Gasteiger partial charge on any atom is 0.0984 e. The average molecular weight is 228 g/mol.